The summed E-state index contributed by atoms with van der Waals surface area (Å²) in [6.45, 7) is 5.64. The molecule has 2 nitrogen and oxygen atoms in total. The fourth-order valence-corrected chi connectivity index (χ4v) is 1.31. The number of phenolic OH excluding ortho intramolecular Hbond substituents is 1. The first-order chi connectivity index (χ1) is 7.19. The largest absolute Gasteiger partial charge is 0.508 e. The zero-order valence-electron chi connectivity index (χ0n) is 8.77. The second-order valence-corrected chi connectivity index (χ2v) is 3.12. The minimum absolute atomic E-state index is 0.242. The Kier molecular flexibility index (Phi) is 3.75. The Hall–Kier alpha value is -1.96. The lowest BCUT2D eigenvalue weighted by molar-refractivity contribution is 0.475. The van der Waals surface area contributed by atoms with Crippen LogP contribution in [0.3, 0.4) is 0 Å². The lowest BCUT2D eigenvalue weighted by atomic mass is 10.0. The van der Waals surface area contributed by atoms with Gasteiger partial charge in [0.2, 0.25) is 0 Å². The van der Waals surface area contributed by atoms with Gasteiger partial charge < -0.3 is 10.8 Å². The summed E-state index contributed by atoms with van der Waals surface area (Å²) >= 11 is 0. The van der Waals surface area contributed by atoms with E-state index < -0.39 is 0 Å². The molecule has 0 amide bonds. The second-order valence-electron chi connectivity index (χ2n) is 3.12. The fourth-order valence-electron chi connectivity index (χ4n) is 1.31. The van der Waals surface area contributed by atoms with E-state index in [4.69, 9.17) is 10.8 Å². The first-order valence-electron chi connectivity index (χ1n) is 4.73. The molecule has 0 saturated carbocycles. The van der Waals surface area contributed by atoms with Crippen LogP contribution in [0, 0.1) is 0 Å². The topological polar surface area (TPSA) is 46.2 Å². The predicted octanol–water partition coefficient (Wildman–Crippen LogP) is 2.82. The molecular weight excluding hydrogens is 186 g/mol. The van der Waals surface area contributed by atoms with Gasteiger partial charge in [0.15, 0.2) is 0 Å². The van der Waals surface area contributed by atoms with Crippen LogP contribution in [-0.2, 0) is 0 Å². The highest BCUT2D eigenvalue weighted by molar-refractivity contribution is 5.77. The molecule has 0 bridgehead atoms. The smallest absolute Gasteiger partial charge is 0.115 e. The van der Waals surface area contributed by atoms with E-state index in [1.807, 2.05) is 31.2 Å². The van der Waals surface area contributed by atoms with Crippen LogP contribution >= 0.6 is 0 Å². The van der Waals surface area contributed by atoms with E-state index in [-0.39, 0.29) is 5.75 Å². The van der Waals surface area contributed by atoms with E-state index in [0.29, 0.717) is 5.70 Å². The number of phenols is 1. The highest BCUT2D eigenvalue weighted by Gasteiger charge is 2.00. The van der Waals surface area contributed by atoms with Crippen molar-refractivity contribution < 1.29 is 5.11 Å². The molecule has 0 aliphatic carbocycles. The van der Waals surface area contributed by atoms with E-state index in [9.17, 15) is 0 Å². The zero-order chi connectivity index (χ0) is 11.3. The SMILES string of the molecule is C=C/C(=C(N)\C=C/C)c1ccc(O)cc1. The summed E-state index contributed by atoms with van der Waals surface area (Å²) in [5.41, 5.74) is 8.34. The molecule has 2 heteroatoms. The Balaban J connectivity index is 3.18. The van der Waals surface area contributed by atoms with Crippen LogP contribution in [0.5, 0.6) is 5.75 Å². The van der Waals surface area contributed by atoms with Crippen LogP contribution in [0.4, 0.5) is 0 Å². The summed E-state index contributed by atoms with van der Waals surface area (Å²) in [6.07, 6.45) is 5.41. The molecule has 0 saturated heterocycles. The number of rotatable bonds is 3. The molecule has 0 aliphatic rings. The van der Waals surface area contributed by atoms with Crippen LogP contribution in [0.2, 0.25) is 0 Å². The van der Waals surface area contributed by atoms with Crippen LogP contribution < -0.4 is 5.73 Å². The molecule has 3 N–H and O–H groups in total. The third kappa shape index (κ3) is 2.74. The van der Waals surface area contributed by atoms with Crippen LogP contribution in [0.1, 0.15) is 12.5 Å². The molecule has 78 valence electrons. The number of nitrogens with two attached hydrogens (primary N) is 1. The van der Waals surface area contributed by atoms with Crippen molar-refractivity contribution >= 4 is 5.57 Å². The van der Waals surface area contributed by atoms with Gasteiger partial charge in [0, 0.05) is 11.3 Å². The van der Waals surface area contributed by atoms with Gasteiger partial charge >= 0.3 is 0 Å². The maximum Gasteiger partial charge on any atom is 0.115 e. The molecule has 0 atom stereocenters. The van der Waals surface area contributed by atoms with Gasteiger partial charge in [-0.1, -0.05) is 30.9 Å². The van der Waals surface area contributed by atoms with Crippen LogP contribution in [0.25, 0.3) is 5.57 Å². The molecule has 0 radical (unpaired) electrons. The van der Waals surface area contributed by atoms with Gasteiger partial charge in [0.25, 0.3) is 0 Å². The lowest BCUT2D eigenvalue weighted by Gasteiger charge is -2.05. The van der Waals surface area contributed by atoms with Crippen molar-refractivity contribution in [3.63, 3.8) is 0 Å². The molecule has 0 aromatic heterocycles. The van der Waals surface area contributed by atoms with Gasteiger partial charge in [-0.3, -0.25) is 0 Å². The van der Waals surface area contributed by atoms with Crippen molar-refractivity contribution in [1.29, 1.82) is 0 Å². The minimum Gasteiger partial charge on any atom is -0.508 e. The first kappa shape index (κ1) is 11.1. The van der Waals surface area contributed by atoms with Gasteiger partial charge in [-0.05, 0) is 30.7 Å². The highest BCUT2D eigenvalue weighted by atomic mass is 16.3. The summed E-state index contributed by atoms with van der Waals surface area (Å²) in [5, 5.41) is 9.17. The lowest BCUT2D eigenvalue weighted by Crippen LogP contribution is -1.97. The molecule has 0 aliphatic heterocycles. The van der Waals surface area contributed by atoms with Crippen molar-refractivity contribution in [3.05, 3.63) is 60.3 Å². The molecule has 0 heterocycles. The monoisotopic (exact) mass is 201 g/mol. The van der Waals surface area contributed by atoms with E-state index in [1.54, 1.807) is 18.2 Å². The number of hydrogen-bond acceptors (Lipinski definition) is 2. The normalized spacial score (nSPS) is 12.6. The van der Waals surface area contributed by atoms with Gasteiger partial charge in [0.1, 0.15) is 5.75 Å². The van der Waals surface area contributed by atoms with Crippen molar-refractivity contribution in [2.45, 2.75) is 6.92 Å². The Morgan fingerprint density at radius 3 is 2.40 bits per heavy atom. The Morgan fingerprint density at radius 2 is 1.93 bits per heavy atom. The number of benzene rings is 1. The van der Waals surface area contributed by atoms with E-state index in [1.165, 1.54) is 0 Å². The molecular formula is C13H15NO. The zero-order valence-corrected chi connectivity index (χ0v) is 8.77. The maximum atomic E-state index is 9.17. The summed E-state index contributed by atoms with van der Waals surface area (Å²) < 4.78 is 0. The summed E-state index contributed by atoms with van der Waals surface area (Å²) in [7, 11) is 0. The average Bonchev–Trinajstić information content (AvgIpc) is 2.22. The summed E-state index contributed by atoms with van der Waals surface area (Å²) in [5.74, 6) is 0.242. The number of aromatic hydroxyl groups is 1. The Morgan fingerprint density at radius 1 is 1.33 bits per heavy atom. The van der Waals surface area contributed by atoms with Crippen molar-refractivity contribution in [2.24, 2.45) is 5.73 Å². The van der Waals surface area contributed by atoms with Gasteiger partial charge in [0.05, 0.1) is 0 Å². The van der Waals surface area contributed by atoms with E-state index in [2.05, 4.69) is 6.58 Å². The third-order valence-electron chi connectivity index (χ3n) is 2.04. The molecule has 15 heavy (non-hydrogen) atoms. The van der Waals surface area contributed by atoms with Crippen molar-refractivity contribution in [1.82, 2.24) is 0 Å². The molecule has 1 rings (SSSR count). The quantitative estimate of drug-likeness (QED) is 0.739. The first-order valence-corrected chi connectivity index (χ1v) is 4.73. The third-order valence-corrected chi connectivity index (χ3v) is 2.04. The highest BCUT2D eigenvalue weighted by Crippen LogP contribution is 2.20. The van der Waals surface area contributed by atoms with Crippen LogP contribution in [0.15, 0.2) is 54.8 Å². The molecule has 1 aromatic rings. The van der Waals surface area contributed by atoms with Crippen molar-refractivity contribution in [2.75, 3.05) is 0 Å². The number of hydrogen-bond donors (Lipinski definition) is 2. The van der Waals surface area contributed by atoms with E-state index in [0.717, 1.165) is 11.1 Å². The van der Waals surface area contributed by atoms with Gasteiger partial charge in [-0.2, -0.15) is 0 Å². The molecule has 0 spiro atoms. The standard InChI is InChI=1S/C13H15NO/c1-3-5-13(14)12(4-2)10-6-8-11(15)9-7-10/h3-9,15H,2,14H2,1H3/b5-3-,13-12-. The van der Waals surface area contributed by atoms with E-state index >= 15 is 0 Å². The average molecular weight is 201 g/mol. The summed E-state index contributed by atoms with van der Waals surface area (Å²) in [4.78, 5) is 0. The fraction of sp³-hybridized carbons (Fsp3) is 0.0769. The van der Waals surface area contributed by atoms with Crippen LogP contribution in [-0.4, -0.2) is 5.11 Å². The maximum absolute atomic E-state index is 9.17. The molecule has 1 aromatic carbocycles. The van der Waals surface area contributed by atoms with Gasteiger partial charge in [-0.25, -0.2) is 0 Å². The second kappa shape index (κ2) is 5.05. The Bertz CT molecular complexity index is 399. The number of allylic oxidation sites excluding steroid dienone is 4. The Labute approximate surface area is 90.1 Å². The van der Waals surface area contributed by atoms with Crippen molar-refractivity contribution in [3.8, 4) is 5.75 Å². The molecule has 0 unspecified atom stereocenters. The minimum atomic E-state index is 0.242. The summed E-state index contributed by atoms with van der Waals surface area (Å²) in [6, 6.07) is 6.87. The predicted molar refractivity (Wildman–Crippen MR) is 64.2 cm³/mol. The van der Waals surface area contributed by atoms with Gasteiger partial charge in [-0.15, -0.1) is 0 Å². The molecule has 0 fully saturated rings.